The van der Waals surface area contributed by atoms with Crippen molar-refractivity contribution in [1.82, 2.24) is 0 Å². The number of benzene rings is 2. The van der Waals surface area contributed by atoms with E-state index in [1.165, 1.54) is 12.1 Å². The number of aldehydes is 1. The molecule has 0 fully saturated rings. The summed E-state index contributed by atoms with van der Waals surface area (Å²) in [6.45, 7) is 0. The lowest BCUT2D eigenvalue weighted by Crippen LogP contribution is -2.08. The molecule has 0 bridgehead atoms. The summed E-state index contributed by atoms with van der Waals surface area (Å²) >= 11 is 0. The highest BCUT2D eigenvalue weighted by atomic mass is 19.4. The van der Waals surface area contributed by atoms with Gasteiger partial charge in [-0.2, -0.15) is 13.2 Å². The summed E-state index contributed by atoms with van der Waals surface area (Å²) in [5.41, 5.74) is -0.226. The van der Waals surface area contributed by atoms with Crippen LogP contribution in [0.5, 0.6) is 0 Å². The van der Waals surface area contributed by atoms with Gasteiger partial charge in [-0.25, -0.2) is 0 Å². The van der Waals surface area contributed by atoms with Gasteiger partial charge < -0.3 is 0 Å². The first-order chi connectivity index (χ1) is 8.52. The summed E-state index contributed by atoms with van der Waals surface area (Å²) in [4.78, 5) is 10.6. The highest BCUT2D eigenvalue weighted by Gasteiger charge is 2.33. The van der Waals surface area contributed by atoms with Gasteiger partial charge in [-0.15, -0.1) is 0 Å². The molecule has 0 unspecified atom stereocenters. The van der Waals surface area contributed by atoms with Gasteiger partial charge in [-0.3, -0.25) is 4.79 Å². The van der Waals surface area contributed by atoms with Crippen LogP contribution in [0.3, 0.4) is 0 Å². The molecule has 4 heteroatoms. The first kappa shape index (κ1) is 12.4. The Bertz CT molecular complexity index is 559. The topological polar surface area (TPSA) is 17.1 Å². The second-order valence-corrected chi connectivity index (χ2v) is 3.79. The molecule has 92 valence electrons. The molecule has 0 spiro atoms. The van der Waals surface area contributed by atoms with Gasteiger partial charge in [0.1, 0.15) is 6.29 Å². The summed E-state index contributed by atoms with van der Waals surface area (Å²) in [5, 5.41) is 0. The normalized spacial score (nSPS) is 11.3. The van der Waals surface area contributed by atoms with Crippen LogP contribution in [-0.2, 0) is 6.18 Å². The van der Waals surface area contributed by atoms with E-state index >= 15 is 0 Å². The Morgan fingerprint density at radius 2 is 1.61 bits per heavy atom. The van der Waals surface area contributed by atoms with Crippen molar-refractivity contribution >= 4 is 6.29 Å². The molecular weight excluding hydrogens is 241 g/mol. The summed E-state index contributed by atoms with van der Waals surface area (Å²) in [7, 11) is 0. The van der Waals surface area contributed by atoms with Crippen LogP contribution in [-0.4, -0.2) is 6.29 Å². The molecule has 2 aromatic rings. The van der Waals surface area contributed by atoms with Crippen molar-refractivity contribution < 1.29 is 18.0 Å². The fourth-order valence-corrected chi connectivity index (χ4v) is 1.74. The van der Waals surface area contributed by atoms with Crippen LogP contribution in [0.2, 0.25) is 0 Å². The zero-order chi connectivity index (χ0) is 13.2. The number of hydrogen-bond donors (Lipinski definition) is 0. The van der Waals surface area contributed by atoms with Gasteiger partial charge in [-0.1, -0.05) is 42.5 Å². The van der Waals surface area contributed by atoms with Crippen molar-refractivity contribution in [2.75, 3.05) is 0 Å². The molecule has 0 aromatic heterocycles. The molecule has 0 heterocycles. The van der Waals surface area contributed by atoms with E-state index in [2.05, 4.69) is 0 Å². The molecule has 0 saturated carbocycles. The van der Waals surface area contributed by atoms with Crippen molar-refractivity contribution in [3.8, 4) is 11.1 Å². The Hall–Kier alpha value is -2.10. The fourth-order valence-electron chi connectivity index (χ4n) is 1.74. The monoisotopic (exact) mass is 250 g/mol. The smallest absolute Gasteiger partial charge is 0.298 e. The van der Waals surface area contributed by atoms with Crippen LogP contribution < -0.4 is 0 Å². The van der Waals surface area contributed by atoms with E-state index in [4.69, 9.17) is 0 Å². The van der Waals surface area contributed by atoms with Gasteiger partial charge in [0.05, 0.1) is 5.56 Å². The molecule has 0 atom stereocenters. The molecule has 18 heavy (non-hydrogen) atoms. The van der Waals surface area contributed by atoms with E-state index in [1.54, 1.807) is 30.3 Å². The standard InChI is InChI=1S/C14H9F3O/c15-14(16,17)13-8-10(9-18)6-7-12(13)11-4-2-1-3-5-11/h1-9H. The molecular formula is C14H9F3O. The van der Waals surface area contributed by atoms with Gasteiger partial charge in [0, 0.05) is 5.56 Å². The second kappa shape index (κ2) is 4.64. The highest BCUT2D eigenvalue weighted by Crippen LogP contribution is 2.37. The SMILES string of the molecule is O=Cc1ccc(-c2ccccc2)c(C(F)(F)F)c1. The fraction of sp³-hybridized carbons (Fsp3) is 0.0714. The minimum Gasteiger partial charge on any atom is -0.298 e. The van der Waals surface area contributed by atoms with Gasteiger partial charge in [0.2, 0.25) is 0 Å². The first-order valence-electron chi connectivity index (χ1n) is 5.24. The minimum atomic E-state index is -4.48. The highest BCUT2D eigenvalue weighted by molar-refractivity contribution is 5.79. The molecule has 0 aliphatic carbocycles. The summed E-state index contributed by atoms with van der Waals surface area (Å²) in [6, 6.07) is 11.8. The maximum Gasteiger partial charge on any atom is 0.417 e. The van der Waals surface area contributed by atoms with Crippen molar-refractivity contribution in [2.45, 2.75) is 6.18 Å². The maximum absolute atomic E-state index is 12.9. The van der Waals surface area contributed by atoms with Crippen LogP contribution in [0.1, 0.15) is 15.9 Å². The number of halogens is 3. The summed E-state index contributed by atoms with van der Waals surface area (Å²) < 4.78 is 38.8. The van der Waals surface area contributed by atoms with Gasteiger partial charge in [0.25, 0.3) is 0 Å². The number of rotatable bonds is 2. The number of carbonyl (C=O) groups is 1. The Labute approximate surface area is 102 Å². The lowest BCUT2D eigenvalue weighted by atomic mass is 9.97. The summed E-state index contributed by atoms with van der Waals surface area (Å²) in [6.07, 6.45) is -4.08. The van der Waals surface area contributed by atoms with Crippen molar-refractivity contribution in [3.63, 3.8) is 0 Å². The van der Waals surface area contributed by atoms with Crippen LogP contribution in [0.25, 0.3) is 11.1 Å². The Morgan fingerprint density at radius 1 is 0.944 bits per heavy atom. The van der Waals surface area contributed by atoms with Crippen LogP contribution in [0.15, 0.2) is 48.5 Å². The molecule has 0 N–H and O–H groups in total. The zero-order valence-electron chi connectivity index (χ0n) is 9.24. The Balaban J connectivity index is 2.64. The molecule has 0 aliphatic heterocycles. The first-order valence-corrected chi connectivity index (χ1v) is 5.24. The van der Waals surface area contributed by atoms with E-state index in [1.807, 2.05) is 0 Å². The van der Waals surface area contributed by atoms with Crippen LogP contribution in [0, 0.1) is 0 Å². The third-order valence-corrected chi connectivity index (χ3v) is 2.57. The largest absolute Gasteiger partial charge is 0.417 e. The lowest BCUT2D eigenvalue weighted by Gasteiger charge is -2.13. The van der Waals surface area contributed by atoms with E-state index < -0.39 is 11.7 Å². The van der Waals surface area contributed by atoms with Gasteiger partial charge in [0.15, 0.2) is 0 Å². The molecule has 0 radical (unpaired) electrons. The predicted octanol–water partition coefficient (Wildman–Crippen LogP) is 4.18. The average Bonchev–Trinajstić information content (AvgIpc) is 2.38. The molecule has 0 amide bonds. The Morgan fingerprint density at radius 3 is 2.17 bits per heavy atom. The van der Waals surface area contributed by atoms with Crippen LogP contribution in [0.4, 0.5) is 13.2 Å². The van der Waals surface area contributed by atoms with E-state index in [-0.39, 0.29) is 11.1 Å². The number of carbonyl (C=O) groups excluding carboxylic acids is 1. The van der Waals surface area contributed by atoms with Crippen LogP contribution >= 0.6 is 0 Å². The van der Waals surface area contributed by atoms with Gasteiger partial charge >= 0.3 is 6.18 Å². The molecule has 2 aromatic carbocycles. The molecule has 0 saturated heterocycles. The van der Waals surface area contributed by atoms with E-state index in [0.29, 0.717) is 11.8 Å². The van der Waals surface area contributed by atoms with Crippen molar-refractivity contribution in [2.24, 2.45) is 0 Å². The lowest BCUT2D eigenvalue weighted by molar-refractivity contribution is -0.137. The van der Waals surface area contributed by atoms with Crippen molar-refractivity contribution in [3.05, 3.63) is 59.7 Å². The minimum absolute atomic E-state index is 0.0157. The summed E-state index contributed by atoms with van der Waals surface area (Å²) in [5.74, 6) is 0. The van der Waals surface area contributed by atoms with Crippen molar-refractivity contribution in [1.29, 1.82) is 0 Å². The molecule has 2 rings (SSSR count). The third-order valence-electron chi connectivity index (χ3n) is 2.57. The molecule has 0 aliphatic rings. The molecule has 1 nitrogen and oxygen atoms in total. The van der Waals surface area contributed by atoms with E-state index in [0.717, 1.165) is 6.07 Å². The second-order valence-electron chi connectivity index (χ2n) is 3.79. The quantitative estimate of drug-likeness (QED) is 0.730. The third kappa shape index (κ3) is 2.42. The average molecular weight is 250 g/mol. The Kier molecular flexibility index (Phi) is 3.19. The number of alkyl halides is 3. The predicted molar refractivity (Wildman–Crippen MR) is 62.3 cm³/mol. The van der Waals surface area contributed by atoms with E-state index in [9.17, 15) is 18.0 Å². The van der Waals surface area contributed by atoms with Gasteiger partial charge in [-0.05, 0) is 17.2 Å². The zero-order valence-corrected chi connectivity index (χ0v) is 9.24. The number of hydrogen-bond acceptors (Lipinski definition) is 1. The maximum atomic E-state index is 12.9.